The van der Waals surface area contributed by atoms with Gasteiger partial charge in [-0.1, -0.05) is 18.2 Å². The van der Waals surface area contributed by atoms with Crippen LogP contribution in [-0.2, 0) is 6.54 Å². The van der Waals surface area contributed by atoms with Crippen LogP contribution in [0.3, 0.4) is 0 Å². The molecule has 9 heteroatoms. The van der Waals surface area contributed by atoms with Gasteiger partial charge in [0.15, 0.2) is 23.1 Å². The van der Waals surface area contributed by atoms with Crippen LogP contribution in [0, 0.1) is 11.6 Å². The molecule has 0 saturated carbocycles. The minimum Gasteiger partial charge on any atom is -0.451 e. The lowest BCUT2D eigenvalue weighted by Gasteiger charge is -2.09. The summed E-state index contributed by atoms with van der Waals surface area (Å²) in [6.45, 7) is 0.00459. The van der Waals surface area contributed by atoms with Gasteiger partial charge in [-0.15, -0.1) is 5.10 Å². The van der Waals surface area contributed by atoms with Gasteiger partial charge in [0, 0.05) is 6.54 Å². The number of ether oxygens (including phenoxy) is 1. The van der Waals surface area contributed by atoms with Gasteiger partial charge >= 0.3 is 5.69 Å². The molecule has 0 aliphatic heterocycles. The first-order chi connectivity index (χ1) is 12.0. The maximum absolute atomic E-state index is 14.1. The largest absolute Gasteiger partial charge is 0.451 e. The van der Waals surface area contributed by atoms with Crippen molar-refractivity contribution in [1.29, 1.82) is 0 Å². The third kappa shape index (κ3) is 3.89. The fourth-order valence-electron chi connectivity index (χ4n) is 2.03. The number of para-hydroxylation sites is 1. The highest BCUT2D eigenvalue weighted by Crippen LogP contribution is 2.27. The molecule has 0 radical (unpaired) electrons. The van der Waals surface area contributed by atoms with Gasteiger partial charge in [0.05, 0.1) is 0 Å². The molecule has 3 aromatic rings. The number of amides is 1. The number of aromatic amines is 2. The number of nitrogens with one attached hydrogen (secondary N) is 3. The van der Waals surface area contributed by atoms with Gasteiger partial charge in [-0.05, 0) is 29.8 Å². The molecule has 1 aromatic heterocycles. The topological polar surface area (TPSA) is 99.9 Å². The van der Waals surface area contributed by atoms with E-state index in [0.29, 0.717) is 5.56 Å². The van der Waals surface area contributed by atoms with Crippen LogP contribution in [0.5, 0.6) is 11.5 Å². The van der Waals surface area contributed by atoms with E-state index in [-0.39, 0.29) is 23.9 Å². The van der Waals surface area contributed by atoms with Gasteiger partial charge in [0.2, 0.25) is 5.82 Å². The van der Waals surface area contributed by atoms with Crippen molar-refractivity contribution in [1.82, 2.24) is 20.5 Å². The second-order valence-corrected chi connectivity index (χ2v) is 5.01. The molecule has 3 rings (SSSR count). The number of aromatic nitrogens is 3. The third-order valence-electron chi connectivity index (χ3n) is 3.22. The number of H-pyrrole nitrogens is 2. The zero-order valence-electron chi connectivity index (χ0n) is 12.7. The molecule has 0 aliphatic rings. The summed E-state index contributed by atoms with van der Waals surface area (Å²) in [5.74, 6) is -2.34. The molecule has 0 unspecified atom stereocenters. The van der Waals surface area contributed by atoms with Gasteiger partial charge in [-0.2, -0.15) is 0 Å². The molecule has 0 bridgehead atoms. The average Bonchev–Trinajstić information content (AvgIpc) is 3.03. The molecule has 128 valence electrons. The number of carbonyl (C=O) groups excluding carboxylic acids is 1. The lowest BCUT2D eigenvalue weighted by molar-refractivity contribution is 0.0941. The first kappa shape index (κ1) is 16.4. The highest BCUT2D eigenvalue weighted by Gasteiger charge is 2.12. The SMILES string of the molecule is O=C(NCc1ccc(Oc2ccccc2F)c(F)c1)c1n[nH]c(=O)[nH]1. The lowest BCUT2D eigenvalue weighted by Crippen LogP contribution is -2.24. The molecule has 0 spiro atoms. The molecule has 1 heterocycles. The first-order valence-corrected chi connectivity index (χ1v) is 7.16. The number of rotatable bonds is 5. The van der Waals surface area contributed by atoms with E-state index >= 15 is 0 Å². The Balaban J connectivity index is 1.66. The Labute approximate surface area is 139 Å². The number of halogens is 2. The smallest absolute Gasteiger partial charge is 0.341 e. The van der Waals surface area contributed by atoms with E-state index in [1.165, 1.54) is 30.3 Å². The maximum Gasteiger partial charge on any atom is 0.341 e. The molecule has 1 amide bonds. The molecule has 3 N–H and O–H groups in total. The zero-order valence-corrected chi connectivity index (χ0v) is 12.7. The quantitative estimate of drug-likeness (QED) is 0.659. The Kier molecular flexibility index (Phi) is 4.55. The fraction of sp³-hybridized carbons (Fsp3) is 0.0625. The van der Waals surface area contributed by atoms with Crippen LogP contribution in [0.15, 0.2) is 47.3 Å². The minimum absolute atomic E-state index is 0.00459. The number of nitrogens with zero attached hydrogens (tertiary/aromatic N) is 1. The molecule has 25 heavy (non-hydrogen) atoms. The van der Waals surface area contributed by atoms with E-state index in [1.807, 2.05) is 0 Å². The monoisotopic (exact) mass is 346 g/mol. The molecule has 0 atom stereocenters. The van der Waals surface area contributed by atoms with Crippen LogP contribution >= 0.6 is 0 Å². The maximum atomic E-state index is 14.1. The van der Waals surface area contributed by atoms with Crippen molar-refractivity contribution in [2.45, 2.75) is 6.54 Å². The second-order valence-electron chi connectivity index (χ2n) is 5.01. The van der Waals surface area contributed by atoms with Crippen molar-refractivity contribution < 1.29 is 18.3 Å². The lowest BCUT2D eigenvalue weighted by atomic mass is 10.2. The summed E-state index contributed by atoms with van der Waals surface area (Å²) >= 11 is 0. The Morgan fingerprint density at radius 1 is 1.12 bits per heavy atom. The molecule has 0 aliphatic carbocycles. The summed E-state index contributed by atoms with van der Waals surface area (Å²) < 4.78 is 32.8. The summed E-state index contributed by atoms with van der Waals surface area (Å²) in [5.41, 5.74) is -0.157. The number of benzene rings is 2. The van der Waals surface area contributed by atoms with Crippen molar-refractivity contribution in [3.8, 4) is 11.5 Å². The third-order valence-corrected chi connectivity index (χ3v) is 3.22. The van der Waals surface area contributed by atoms with Crippen LogP contribution in [-0.4, -0.2) is 21.1 Å². The van der Waals surface area contributed by atoms with Gasteiger partial charge in [-0.3, -0.25) is 9.78 Å². The second kappa shape index (κ2) is 6.95. The van der Waals surface area contributed by atoms with Gasteiger partial charge in [0.25, 0.3) is 5.91 Å². The van der Waals surface area contributed by atoms with Crippen molar-refractivity contribution in [3.05, 3.63) is 76.0 Å². The van der Waals surface area contributed by atoms with E-state index in [2.05, 4.69) is 20.5 Å². The predicted octanol–water partition coefficient (Wildman–Crippen LogP) is 2.10. The van der Waals surface area contributed by atoms with Crippen LogP contribution in [0.4, 0.5) is 8.78 Å². The highest BCUT2D eigenvalue weighted by molar-refractivity contribution is 5.90. The van der Waals surface area contributed by atoms with Crippen LogP contribution in [0.1, 0.15) is 16.2 Å². The molecule has 2 aromatic carbocycles. The Hall–Kier alpha value is -3.49. The highest BCUT2D eigenvalue weighted by atomic mass is 19.1. The van der Waals surface area contributed by atoms with Crippen LogP contribution < -0.4 is 15.7 Å². The van der Waals surface area contributed by atoms with E-state index in [4.69, 9.17) is 4.74 Å². The van der Waals surface area contributed by atoms with Gasteiger partial charge < -0.3 is 10.1 Å². The summed E-state index contributed by atoms with van der Waals surface area (Å²) in [5, 5.41) is 8.02. The molecule has 0 fully saturated rings. The van der Waals surface area contributed by atoms with E-state index in [1.54, 1.807) is 6.07 Å². The Morgan fingerprint density at radius 2 is 1.88 bits per heavy atom. The molecular weight excluding hydrogens is 334 g/mol. The Morgan fingerprint density at radius 3 is 2.56 bits per heavy atom. The standard InChI is InChI=1S/C16H12F2N4O3/c17-10-3-1-2-4-12(10)25-13-6-5-9(7-11(13)18)8-19-15(23)14-20-16(24)22-21-14/h1-7H,8H2,(H,19,23)(H2,20,21,22,24). The summed E-state index contributed by atoms with van der Waals surface area (Å²) in [4.78, 5) is 24.8. The number of hydrogen-bond acceptors (Lipinski definition) is 4. The zero-order chi connectivity index (χ0) is 17.8. The van der Waals surface area contributed by atoms with Crippen molar-refractivity contribution in [2.75, 3.05) is 0 Å². The fourth-order valence-corrected chi connectivity index (χ4v) is 2.03. The predicted molar refractivity (Wildman–Crippen MR) is 83.3 cm³/mol. The van der Waals surface area contributed by atoms with Crippen molar-refractivity contribution >= 4 is 5.91 Å². The molecule has 7 nitrogen and oxygen atoms in total. The molecule has 0 saturated heterocycles. The average molecular weight is 346 g/mol. The van der Waals surface area contributed by atoms with Crippen LogP contribution in [0.2, 0.25) is 0 Å². The minimum atomic E-state index is -0.705. The van der Waals surface area contributed by atoms with E-state index < -0.39 is 23.2 Å². The number of carbonyl (C=O) groups is 1. The van der Waals surface area contributed by atoms with Gasteiger partial charge in [-0.25, -0.2) is 18.7 Å². The Bertz CT molecular complexity index is 968. The van der Waals surface area contributed by atoms with Crippen molar-refractivity contribution in [2.24, 2.45) is 0 Å². The normalized spacial score (nSPS) is 10.5. The van der Waals surface area contributed by atoms with E-state index in [9.17, 15) is 18.4 Å². The molecular formula is C16H12F2N4O3. The van der Waals surface area contributed by atoms with Crippen molar-refractivity contribution in [3.63, 3.8) is 0 Å². The van der Waals surface area contributed by atoms with E-state index in [0.717, 1.165) is 6.07 Å². The first-order valence-electron chi connectivity index (χ1n) is 7.16. The van der Waals surface area contributed by atoms with Gasteiger partial charge in [0.1, 0.15) is 0 Å². The summed E-state index contributed by atoms with van der Waals surface area (Å²) in [6, 6.07) is 9.66. The van der Waals surface area contributed by atoms with Crippen LogP contribution in [0.25, 0.3) is 0 Å². The number of hydrogen-bond donors (Lipinski definition) is 3. The summed E-state index contributed by atoms with van der Waals surface area (Å²) in [7, 11) is 0. The summed E-state index contributed by atoms with van der Waals surface area (Å²) in [6.07, 6.45) is 0.